The van der Waals surface area contributed by atoms with Crippen LogP contribution >= 0.6 is 0 Å². The van der Waals surface area contributed by atoms with Crippen LogP contribution in [-0.2, 0) is 0 Å². The maximum absolute atomic E-state index is 11.0. The third-order valence-electron chi connectivity index (χ3n) is 2.90. The third-order valence-corrected chi connectivity index (χ3v) is 2.90. The summed E-state index contributed by atoms with van der Waals surface area (Å²) in [7, 11) is 0. The van der Waals surface area contributed by atoms with Gasteiger partial charge in [-0.3, -0.25) is 0 Å². The van der Waals surface area contributed by atoms with Crippen molar-refractivity contribution in [3.8, 4) is 11.1 Å². The standard InChI is InChI=1S/C15H16N2O2/c1-12(2)16(17(18)19)15-10-8-14(9-11-15)13-6-4-3-5-7-13/h3-12H,1-2H3. The van der Waals surface area contributed by atoms with Crippen LogP contribution in [0.5, 0.6) is 0 Å². The van der Waals surface area contributed by atoms with Gasteiger partial charge >= 0.3 is 0 Å². The first-order chi connectivity index (χ1) is 9.09. The highest BCUT2D eigenvalue weighted by Crippen LogP contribution is 2.24. The minimum Gasteiger partial charge on any atom is -0.234 e. The SMILES string of the molecule is CC(C)N(c1ccc(-c2ccccc2)cc1)[N+](=O)[O-]. The summed E-state index contributed by atoms with van der Waals surface area (Å²) in [6.45, 7) is 3.60. The van der Waals surface area contributed by atoms with E-state index in [2.05, 4.69) is 0 Å². The van der Waals surface area contributed by atoms with E-state index in [9.17, 15) is 10.1 Å². The third kappa shape index (κ3) is 2.91. The van der Waals surface area contributed by atoms with E-state index in [-0.39, 0.29) is 11.1 Å². The summed E-state index contributed by atoms with van der Waals surface area (Å²) in [6.07, 6.45) is 0. The maximum atomic E-state index is 11.0. The molecule has 0 saturated heterocycles. The fourth-order valence-corrected chi connectivity index (χ4v) is 2.02. The van der Waals surface area contributed by atoms with Crippen LogP contribution in [0.3, 0.4) is 0 Å². The van der Waals surface area contributed by atoms with Crippen molar-refractivity contribution in [2.24, 2.45) is 0 Å². The summed E-state index contributed by atoms with van der Waals surface area (Å²) in [5.74, 6) is 0. The second kappa shape index (κ2) is 5.52. The van der Waals surface area contributed by atoms with Gasteiger partial charge < -0.3 is 0 Å². The fraction of sp³-hybridized carbons (Fsp3) is 0.200. The van der Waals surface area contributed by atoms with E-state index in [1.165, 1.54) is 0 Å². The molecule has 0 radical (unpaired) electrons. The molecule has 4 heteroatoms. The molecule has 2 rings (SSSR count). The van der Waals surface area contributed by atoms with Crippen LogP contribution in [0.4, 0.5) is 5.69 Å². The highest BCUT2D eigenvalue weighted by molar-refractivity contribution is 5.65. The normalized spacial score (nSPS) is 10.5. The van der Waals surface area contributed by atoms with Gasteiger partial charge in [-0.25, -0.2) is 10.1 Å². The number of anilines is 1. The van der Waals surface area contributed by atoms with Crippen molar-refractivity contribution in [2.45, 2.75) is 19.9 Å². The maximum Gasteiger partial charge on any atom is 0.165 e. The Morgan fingerprint density at radius 2 is 1.47 bits per heavy atom. The Kier molecular flexibility index (Phi) is 3.80. The molecule has 0 aliphatic rings. The van der Waals surface area contributed by atoms with Gasteiger partial charge in [0, 0.05) is 0 Å². The molecule has 4 nitrogen and oxygen atoms in total. The second-order valence-electron chi connectivity index (χ2n) is 4.59. The summed E-state index contributed by atoms with van der Waals surface area (Å²) in [5, 5.41) is 11.8. The van der Waals surface area contributed by atoms with Crippen molar-refractivity contribution in [1.82, 2.24) is 0 Å². The second-order valence-corrected chi connectivity index (χ2v) is 4.59. The van der Waals surface area contributed by atoms with Crippen LogP contribution < -0.4 is 5.01 Å². The lowest BCUT2D eigenvalue weighted by Crippen LogP contribution is -2.36. The van der Waals surface area contributed by atoms with Gasteiger partial charge in [-0.2, -0.15) is 0 Å². The number of hydrogen-bond donors (Lipinski definition) is 0. The molecule has 0 bridgehead atoms. The van der Waals surface area contributed by atoms with Crippen molar-refractivity contribution in [3.63, 3.8) is 0 Å². The molecule has 0 amide bonds. The molecule has 0 N–H and O–H groups in total. The first kappa shape index (κ1) is 13.1. The summed E-state index contributed by atoms with van der Waals surface area (Å²) >= 11 is 0. The van der Waals surface area contributed by atoms with Gasteiger partial charge in [0.15, 0.2) is 5.03 Å². The highest BCUT2D eigenvalue weighted by Gasteiger charge is 2.20. The molecule has 0 aromatic heterocycles. The van der Waals surface area contributed by atoms with E-state index in [0.717, 1.165) is 16.1 Å². The Balaban J connectivity index is 2.30. The Morgan fingerprint density at radius 3 is 1.95 bits per heavy atom. The number of nitrogens with zero attached hydrogens (tertiary/aromatic N) is 2. The molecule has 0 atom stereocenters. The minimum atomic E-state index is -0.373. The number of benzene rings is 2. The van der Waals surface area contributed by atoms with E-state index in [0.29, 0.717) is 5.69 Å². The lowest BCUT2D eigenvalue weighted by Gasteiger charge is -2.18. The van der Waals surface area contributed by atoms with Gasteiger partial charge in [-0.1, -0.05) is 47.5 Å². The largest absolute Gasteiger partial charge is 0.234 e. The van der Waals surface area contributed by atoms with E-state index >= 15 is 0 Å². The Bertz CT molecular complexity index is 550. The van der Waals surface area contributed by atoms with Gasteiger partial charge in [0.05, 0.1) is 6.04 Å². The molecule has 0 fully saturated rings. The number of rotatable bonds is 4. The molecule has 0 aliphatic carbocycles. The quantitative estimate of drug-likeness (QED) is 0.618. The first-order valence-electron chi connectivity index (χ1n) is 6.18. The topological polar surface area (TPSA) is 46.4 Å². The molecule has 0 aliphatic heterocycles. The molecule has 0 heterocycles. The zero-order chi connectivity index (χ0) is 13.8. The van der Waals surface area contributed by atoms with Crippen molar-refractivity contribution in [3.05, 3.63) is 64.7 Å². The minimum absolute atomic E-state index is 0.183. The predicted octanol–water partition coefficient (Wildman–Crippen LogP) is 3.76. The zero-order valence-corrected chi connectivity index (χ0v) is 11.0. The molecule has 0 saturated carbocycles. The molecular formula is C15H16N2O2. The number of hydrogen-bond acceptors (Lipinski definition) is 2. The average Bonchev–Trinajstić information content (AvgIpc) is 2.40. The van der Waals surface area contributed by atoms with E-state index in [1.807, 2.05) is 42.5 Å². The van der Waals surface area contributed by atoms with Crippen molar-refractivity contribution < 1.29 is 5.03 Å². The van der Waals surface area contributed by atoms with Crippen molar-refractivity contribution in [2.75, 3.05) is 5.01 Å². The van der Waals surface area contributed by atoms with Crippen LogP contribution in [0.25, 0.3) is 11.1 Å². The predicted molar refractivity (Wildman–Crippen MR) is 76.5 cm³/mol. The lowest BCUT2D eigenvalue weighted by atomic mass is 10.1. The van der Waals surface area contributed by atoms with Gasteiger partial charge in [0.1, 0.15) is 5.69 Å². The summed E-state index contributed by atoms with van der Waals surface area (Å²) < 4.78 is 0. The van der Waals surface area contributed by atoms with Crippen LogP contribution in [0, 0.1) is 10.1 Å². The van der Waals surface area contributed by atoms with Gasteiger partial charge in [0.25, 0.3) is 0 Å². The first-order valence-corrected chi connectivity index (χ1v) is 6.18. The molecule has 2 aromatic rings. The molecule has 98 valence electrons. The van der Waals surface area contributed by atoms with Gasteiger partial charge in [-0.05, 0) is 37.1 Å². The smallest absolute Gasteiger partial charge is 0.165 e. The lowest BCUT2D eigenvalue weighted by molar-refractivity contribution is -0.499. The highest BCUT2D eigenvalue weighted by atomic mass is 16.7. The monoisotopic (exact) mass is 256 g/mol. The van der Waals surface area contributed by atoms with Gasteiger partial charge in [-0.15, -0.1) is 0 Å². The number of nitro groups is 1. The molecular weight excluding hydrogens is 240 g/mol. The summed E-state index contributed by atoms with van der Waals surface area (Å²) in [5.41, 5.74) is 2.75. The molecule has 2 aromatic carbocycles. The van der Waals surface area contributed by atoms with E-state index < -0.39 is 0 Å². The Hall–Kier alpha value is -2.36. The van der Waals surface area contributed by atoms with Crippen LogP contribution in [0.1, 0.15) is 13.8 Å². The molecule has 19 heavy (non-hydrogen) atoms. The zero-order valence-electron chi connectivity index (χ0n) is 11.0. The van der Waals surface area contributed by atoms with Crippen LogP contribution in [0.2, 0.25) is 0 Å². The molecule has 0 spiro atoms. The number of hydrazine groups is 1. The fourth-order valence-electron chi connectivity index (χ4n) is 2.02. The van der Waals surface area contributed by atoms with Crippen LogP contribution in [-0.4, -0.2) is 11.1 Å². The summed E-state index contributed by atoms with van der Waals surface area (Å²) in [4.78, 5) is 11.0. The average molecular weight is 256 g/mol. The Labute approximate surface area is 112 Å². The van der Waals surface area contributed by atoms with Crippen LogP contribution in [0.15, 0.2) is 54.6 Å². The summed E-state index contributed by atoms with van der Waals surface area (Å²) in [6, 6.07) is 17.1. The van der Waals surface area contributed by atoms with Crippen molar-refractivity contribution in [1.29, 1.82) is 0 Å². The Morgan fingerprint density at radius 1 is 0.947 bits per heavy atom. The van der Waals surface area contributed by atoms with Gasteiger partial charge in [0.2, 0.25) is 0 Å². The molecule has 0 unspecified atom stereocenters. The van der Waals surface area contributed by atoms with E-state index in [4.69, 9.17) is 0 Å². The van der Waals surface area contributed by atoms with Crippen molar-refractivity contribution >= 4 is 5.69 Å². The van der Waals surface area contributed by atoms with E-state index in [1.54, 1.807) is 26.0 Å².